The third kappa shape index (κ3) is 5.85. The van der Waals surface area contributed by atoms with Gasteiger partial charge in [0.05, 0.1) is 25.2 Å². The molecule has 3 heterocycles. The summed E-state index contributed by atoms with van der Waals surface area (Å²) in [5.74, 6) is 1.86. The van der Waals surface area contributed by atoms with Gasteiger partial charge >= 0.3 is 5.97 Å². The zero-order valence-corrected chi connectivity index (χ0v) is 19.1. The van der Waals surface area contributed by atoms with Crippen molar-refractivity contribution in [2.75, 3.05) is 6.61 Å². The van der Waals surface area contributed by atoms with Crippen molar-refractivity contribution >= 4 is 29.5 Å². The van der Waals surface area contributed by atoms with Crippen LogP contribution in [0.15, 0.2) is 39.2 Å². The molecule has 0 radical (unpaired) electrons. The van der Waals surface area contributed by atoms with Gasteiger partial charge in [0.1, 0.15) is 16.8 Å². The Morgan fingerprint density at radius 2 is 2.00 bits per heavy atom. The summed E-state index contributed by atoms with van der Waals surface area (Å²) >= 11 is 2.87. The number of nitrogens with zero attached hydrogens (tertiary/aromatic N) is 5. The van der Waals surface area contributed by atoms with Gasteiger partial charge in [-0.2, -0.15) is 0 Å². The topological polar surface area (TPSA) is 95.9 Å². The Hall–Kier alpha value is -2.33. The Kier molecular flexibility index (Phi) is 7.92. The number of carbonyl (C=O) groups excluding carboxylic acids is 1. The second-order valence-corrected chi connectivity index (χ2v) is 8.67. The zero-order valence-electron chi connectivity index (χ0n) is 17.5. The lowest BCUT2D eigenvalue weighted by Crippen LogP contribution is -2.20. The van der Waals surface area contributed by atoms with Gasteiger partial charge in [-0.1, -0.05) is 30.4 Å². The molecule has 1 atom stereocenters. The molecule has 0 spiro atoms. The largest absolute Gasteiger partial charge is 0.467 e. The van der Waals surface area contributed by atoms with Crippen LogP contribution in [0, 0.1) is 13.8 Å². The first-order chi connectivity index (χ1) is 14.5. The predicted molar refractivity (Wildman–Crippen MR) is 115 cm³/mol. The van der Waals surface area contributed by atoms with Crippen molar-refractivity contribution in [2.24, 2.45) is 0 Å². The van der Waals surface area contributed by atoms with E-state index in [1.807, 2.05) is 43.5 Å². The first kappa shape index (κ1) is 22.4. The maximum atomic E-state index is 12.2. The first-order valence-corrected chi connectivity index (χ1v) is 11.6. The minimum absolute atomic E-state index is 0.239. The van der Waals surface area contributed by atoms with Crippen LogP contribution in [0.25, 0.3) is 0 Å². The van der Waals surface area contributed by atoms with Gasteiger partial charge in [0.2, 0.25) is 0 Å². The molecule has 160 valence electrons. The highest BCUT2D eigenvalue weighted by molar-refractivity contribution is 8.00. The lowest BCUT2D eigenvalue weighted by Gasteiger charge is -2.14. The van der Waals surface area contributed by atoms with Gasteiger partial charge in [-0.05, 0) is 45.4 Å². The number of aromatic nitrogens is 5. The average molecular weight is 448 g/mol. The Morgan fingerprint density at radius 3 is 2.63 bits per heavy atom. The summed E-state index contributed by atoms with van der Waals surface area (Å²) in [5, 5.41) is 9.73. The van der Waals surface area contributed by atoms with Gasteiger partial charge in [-0.3, -0.25) is 9.36 Å². The molecule has 1 unspecified atom stereocenters. The summed E-state index contributed by atoms with van der Waals surface area (Å²) in [7, 11) is 0. The Morgan fingerprint density at radius 1 is 1.23 bits per heavy atom. The molecule has 0 aliphatic rings. The monoisotopic (exact) mass is 447 g/mol. The van der Waals surface area contributed by atoms with Gasteiger partial charge in [-0.25, -0.2) is 9.97 Å². The van der Waals surface area contributed by atoms with E-state index in [0.717, 1.165) is 23.0 Å². The van der Waals surface area contributed by atoms with Crippen molar-refractivity contribution in [1.82, 2.24) is 24.7 Å². The number of hydrogen-bond donors (Lipinski definition) is 0. The minimum Gasteiger partial charge on any atom is -0.467 e. The normalized spacial score (nSPS) is 12.1. The molecule has 0 aliphatic carbocycles. The lowest BCUT2D eigenvalue weighted by molar-refractivity contribution is -0.142. The van der Waals surface area contributed by atoms with Crippen LogP contribution in [0.2, 0.25) is 0 Å². The van der Waals surface area contributed by atoms with Crippen LogP contribution in [0.4, 0.5) is 0 Å². The summed E-state index contributed by atoms with van der Waals surface area (Å²) in [6, 6.07) is 5.69. The Labute approximate surface area is 184 Å². The van der Waals surface area contributed by atoms with Crippen molar-refractivity contribution in [3.05, 3.63) is 47.4 Å². The van der Waals surface area contributed by atoms with E-state index in [0.29, 0.717) is 35.6 Å². The van der Waals surface area contributed by atoms with Gasteiger partial charge in [0.25, 0.3) is 0 Å². The highest BCUT2D eigenvalue weighted by Crippen LogP contribution is 2.28. The number of hydrogen-bond acceptors (Lipinski definition) is 9. The van der Waals surface area contributed by atoms with E-state index in [1.54, 1.807) is 13.2 Å². The van der Waals surface area contributed by atoms with Crippen LogP contribution in [0.5, 0.6) is 0 Å². The van der Waals surface area contributed by atoms with Crippen LogP contribution in [0.3, 0.4) is 0 Å². The SMILES string of the molecule is CCOC(=O)C(CC)Sc1nnc(CSc2nc(C)cc(C)n2)n1Cc1ccco1. The summed E-state index contributed by atoms with van der Waals surface area (Å²) in [5.41, 5.74) is 1.86. The van der Waals surface area contributed by atoms with Gasteiger partial charge in [-0.15, -0.1) is 10.2 Å². The smallest absolute Gasteiger partial charge is 0.319 e. The molecule has 30 heavy (non-hydrogen) atoms. The Balaban J connectivity index is 1.82. The molecule has 0 aliphatic heterocycles. The summed E-state index contributed by atoms with van der Waals surface area (Å²) in [6.07, 6.45) is 2.27. The van der Waals surface area contributed by atoms with Crippen LogP contribution in [-0.2, 0) is 21.8 Å². The highest BCUT2D eigenvalue weighted by atomic mass is 32.2. The van der Waals surface area contributed by atoms with Gasteiger partial charge in [0, 0.05) is 11.4 Å². The van der Waals surface area contributed by atoms with E-state index in [-0.39, 0.29) is 11.2 Å². The third-order valence-electron chi connectivity index (χ3n) is 4.15. The summed E-state index contributed by atoms with van der Waals surface area (Å²) in [4.78, 5) is 21.2. The molecule has 10 heteroatoms. The molecular weight excluding hydrogens is 422 g/mol. The fourth-order valence-corrected chi connectivity index (χ4v) is 4.64. The molecular formula is C20H25N5O3S2. The van der Waals surface area contributed by atoms with Crippen molar-refractivity contribution in [2.45, 2.75) is 62.0 Å². The molecule has 0 amide bonds. The fraction of sp³-hybridized carbons (Fsp3) is 0.450. The molecule has 3 rings (SSSR count). The molecule has 0 N–H and O–H groups in total. The van der Waals surface area contributed by atoms with Crippen molar-refractivity contribution in [3.63, 3.8) is 0 Å². The summed E-state index contributed by atoms with van der Waals surface area (Å²) < 4.78 is 12.7. The van der Waals surface area contributed by atoms with E-state index in [2.05, 4.69) is 20.2 Å². The second kappa shape index (κ2) is 10.6. The second-order valence-electron chi connectivity index (χ2n) is 6.55. The molecule has 3 aromatic heterocycles. The zero-order chi connectivity index (χ0) is 21.5. The number of esters is 1. The van der Waals surface area contributed by atoms with E-state index in [9.17, 15) is 4.79 Å². The van der Waals surface area contributed by atoms with Crippen molar-refractivity contribution in [1.29, 1.82) is 0 Å². The number of aryl methyl sites for hydroxylation is 2. The number of thioether (sulfide) groups is 2. The van der Waals surface area contributed by atoms with Crippen LogP contribution in [0.1, 0.15) is 43.2 Å². The maximum absolute atomic E-state index is 12.2. The molecule has 0 bridgehead atoms. The average Bonchev–Trinajstić information content (AvgIpc) is 3.34. The molecule has 0 saturated heterocycles. The van der Waals surface area contributed by atoms with Crippen LogP contribution in [-0.4, -0.2) is 42.6 Å². The number of ether oxygens (including phenoxy) is 1. The van der Waals surface area contributed by atoms with Crippen molar-refractivity contribution < 1.29 is 13.9 Å². The molecule has 8 nitrogen and oxygen atoms in total. The minimum atomic E-state index is -0.340. The third-order valence-corrected chi connectivity index (χ3v) is 6.31. The molecule has 0 aromatic carbocycles. The number of furan rings is 1. The van der Waals surface area contributed by atoms with E-state index < -0.39 is 0 Å². The van der Waals surface area contributed by atoms with Crippen LogP contribution >= 0.6 is 23.5 Å². The van der Waals surface area contributed by atoms with E-state index >= 15 is 0 Å². The number of carbonyl (C=O) groups is 1. The van der Waals surface area contributed by atoms with E-state index in [4.69, 9.17) is 9.15 Å². The maximum Gasteiger partial charge on any atom is 0.319 e. The van der Waals surface area contributed by atoms with E-state index in [1.165, 1.54) is 23.5 Å². The fourth-order valence-electron chi connectivity index (χ4n) is 2.78. The quantitative estimate of drug-likeness (QED) is 0.259. The van der Waals surface area contributed by atoms with Gasteiger partial charge in [0.15, 0.2) is 10.3 Å². The van der Waals surface area contributed by atoms with Crippen molar-refractivity contribution in [3.8, 4) is 0 Å². The standard InChI is InChI=1S/C20H25N5O3S2/c1-5-16(18(26)27-6-2)30-20-24-23-17(25(20)11-15-8-7-9-28-15)12-29-19-21-13(3)10-14(4)22-19/h7-10,16H,5-6,11-12H2,1-4H3. The first-order valence-electron chi connectivity index (χ1n) is 9.73. The lowest BCUT2D eigenvalue weighted by atomic mass is 10.3. The summed E-state index contributed by atoms with van der Waals surface area (Å²) in [6.45, 7) is 8.49. The molecule has 3 aromatic rings. The highest BCUT2D eigenvalue weighted by Gasteiger charge is 2.24. The molecule has 0 saturated carbocycles. The van der Waals surface area contributed by atoms with Crippen LogP contribution < -0.4 is 0 Å². The predicted octanol–water partition coefficient (Wildman–Crippen LogP) is 4.05. The molecule has 0 fully saturated rings. The Bertz CT molecular complexity index is 955. The number of rotatable bonds is 10. The van der Waals surface area contributed by atoms with Gasteiger partial charge < -0.3 is 9.15 Å².